The molecule has 0 spiro atoms. The van der Waals surface area contributed by atoms with Crippen LogP contribution < -0.4 is 15.0 Å². The molecule has 0 unspecified atom stereocenters. The van der Waals surface area contributed by atoms with Gasteiger partial charge in [-0.15, -0.1) is 0 Å². The van der Waals surface area contributed by atoms with Crippen LogP contribution in [0.15, 0.2) is 72.4 Å². The minimum Gasteiger partial charge on any atom is -0.496 e. The van der Waals surface area contributed by atoms with Crippen molar-refractivity contribution in [2.45, 2.75) is 0 Å². The van der Waals surface area contributed by atoms with Crippen molar-refractivity contribution in [2.75, 3.05) is 17.3 Å². The molecule has 3 aromatic carbocycles. The molecule has 2 amide bonds. The monoisotopic (exact) mass is 440 g/mol. The molecule has 1 aliphatic heterocycles. The Labute approximate surface area is 181 Å². The minimum absolute atomic E-state index is 0.0344. The zero-order valence-corrected chi connectivity index (χ0v) is 16.9. The minimum atomic E-state index is -1.09. The van der Waals surface area contributed by atoms with E-state index in [1.165, 1.54) is 19.2 Å². The molecule has 1 heterocycles. The lowest BCUT2D eigenvalue weighted by Gasteiger charge is -2.16. The summed E-state index contributed by atoms with van der Waals surface area (Å²) in [4.78, 5) is 27.7. The molecule has 31 heavy (non-hydrogen) atoms. The van der Waals surface area contributed by atoms with Crippen molar-refractivity contribution in [3.8, 4) is 5.75 Å². The second-order valence-electron chi connectivity index (χ2n) is 6.63. The standard InChI is InChI=1S/C23H15ClF2N2O3/c1-31-19-8-3-2-7-16(19)20-21(27-14-9-10-17(25)18(26)12-14)23(30)28(22(20)29)15-6-4-5-13(24)11-15/h2-12,27H,1H3. The summed E-state index contributed by atoms with van der Waals surface area (Å²) in [5.41, 5.74) is 0.693. The maximum Gasteiger partial charge on any atom is 0.282 e. The number of imide groups is 1. The van der Waals surface area contributed by atoms with Gasteiger partial charge in [0.05, 0.1) is 18.4 Å². The van der Waals surface area contributed by atoms with Crippen LogP contribution >= 0.6 is 11.6 Å². The number of halogens is 3. The number of amides is 2. The Bertz CT molecular complexity index is 1240. The Morgan fingerprint density at radius 2 is 1.68 bits per heavy atom. The molecule has 0 aromatic heterocycles. The van der Waals surface area contributed by atoms with Gasteiger partial charge >= 0.3 is 0 Å². The van der Waals surface area contributed by atoms with E-state index >= 15 is 0 Å². The van der Waals surface area contributed by atoms with E-state index in [0.29, 0.717) is 16.3 Å². The maximum atomic E-state index is 13.7. The number of hydrogen-bond donors (Lipinski definition) is 1. The number of hydrogen-bond acceptors (Lipinski definition) is 4. The summed E-state index contributed by atoms with van der Waals surface area (Å²) in [7, 11) is 1.44. The van der Waals surface area contributed by atoms with Crippen LogP contribution in [-0.4, -0.2) is 18.9 Å². The highest BCUT2D eigenvalue weighted by Crippen LogP contribution is 2.37. The molecule has 0 fully saturated rings. The quantitative estimate of drug-likeness (QED) is 0.566. The summed E-state index contributed by atoms with van der Waals surface area (Å²) in [5.74, 6) is -3.03. The predicted octanol–water partition coefficient (Wildman–Crippen LogP) is 5.02. The van der Waals surface area contributed by atoms with Crippen LogP contribution in [0.5, 0.6) is 5.75 Å². The van der Waals surface area contributed by atoms with Crippen molar-refractivity contribution >= 4 is 40.4 Å². The Balaban J connectivity index is 1.87. The van der Waals surface area contributed by atoms with Gasteiger partial charge in [0.25, 0.3) is 11.8 Å². The first-order chi connectivity index (χ1) is 14.9. The maximum absolute atomic E-state index is 13.7. The molecule has 4 rings (SSSR count). The average Bonchev–Trinajstić information content (AvgIpc) is 3.00. The van der Waals surface area contributed by atoms with Gasteiger partial charge in [-0.05, 0) is 36.4 Å². The van der Waals surface area contributed by atoms with Gasteiger partial charge in [0, 0.05) is 22.3 Å². The number of ether oxygens (including phenoxy) is 1. The first kappa shape index (κ1) is 20.6. The molecule has 8 heteroatoms. The van der Waals surface area contributed by atoms with Gasteiger partial charge in [0.2, 0.25) is 0 Å². The number of carbonyl (C=O) groups excluding carboxylic acids is 2. The SMILES string of the molecule is COc1ccccc1C1=C(Nc2ccc(F)c(F)c2)C(=O)N(c2cccc(Cl)c2)C1=O. The molecule has 1 N–H and O–H groups in total. The number of anilines is 2. The molecular formula is C23H15ClF2N2O3. The largest absolute Gasteiger partial charge is 0.496 e. The zero-order chi connectivity index (χ0) is 22.1. The first-order valence-electron chi connectivity index (χ1n) is 9.15. The molecule has 5 nitrogen and oxygen atoms in total. The van der Waals surface area contributed by atoms with Crippen LogP contribution in [0.25, 0.3) is 5.57 Å². The number of methoxy groups -OCH3 is 1. The van der Waals surface area contributed by atoms with Crippen molar-refractivity contribution in [3.63, 3.8) is 0 Å². The highest BCUT2D eigenvalue weighted by Gasteiger charge is 2.41. The van der Waals surface area contributed by atoms with Gasteiger partial charge in [0.1, 0.15) is 11.4 Å². The van der Waals surface area contributed by atoms with E-state index in [0.717, 1.165) is 17.0 Å². The zero-order valence-electron chi connectivity index (χ0n) is 16.2. The normalized spacial score (nSPS) is 13.7. The van der Waals surface area contributed by atoms with E-state index < -0.39 is 23.4 Å². The highest BCUT2D eigenvalue weighted by molar-refractivity contribution is 6.46. The van der Waals surface area contributed by atoms with Gasteiger partial charge in [0.15, 0.2) is 11.6 Å². The molecule has 1 aliphatic rings. The van der Waals surface area contributed by atoms with Gasteiger partial charge < -0.3 is 10.1 Å². The molecule has 0 saturated carbocycles. The summed E-state index contributed by atoms with van der Waals surface area (Å²) in [5, 5.41) is 3.12. The van der Waals surface area contributed by atoms with Gasteiger partial charge in [-0.2, -0.15) is 0 Å². The lowest BCUT2D eigenvalue weighted by atomic mass is 10.0. The van der Waals surface area contributed by atoms with Crippen LogP contribution in [0.4, 0.5) is 20.2 Å². The fraction of sp³-hybridized carbons (Fsp3) is 0.0435. The molecule has 0 saturated heterocycles. The number of nitrogens with zero attached hydrogens (tertiary/aromatic N) is 1. The molecular weight excluding hydrogens is 426 g/mol. The summed E-state index contributed by atoms with van der Waals surface area (Å²) < 4.78 is 32.4. The van der Waals surface area contributed by atoms with E-state index in [1.54, 1.807) is 42.5 Å². The Kier molecular flexibility index (Phi) is 5.44. The third kappa shape index (κ3) is 3.75. The van der Waals surface area contributed by atoms with Crippen LogP contribution in [0.1, 0.15) is 5.56 Å². The van der Waals surface area contributed by atoms with Crippen LogP contribution in [0.3, 0.4) is 0 Å². The summed E-state index contributed by atoms with van der Waals surface area (Å²) in [6, 6.07) is 16.1. The number of nitrogens with one attached hydrogen (secondary N) is 1. The lowest BCUT2D eigenvalue weighted by Crippen LogP contribution is -2.32. The molecule has 0 aliphatic carbocycles. The number of para-hydroxylation sites is 1. The van der Waals surface area contributed by atoms with E-state index in [4.69, 9.17) is 16.3 Å². The van der Waals surface area contributed by atoms with Crippen molar-refractivity contribution in [1.82, 2.24) is 0 Å². The van der Waals surface area contributed by atoms with E-state index in [9.17, 15) is 18.4 Å². The fourth-order valence-electron chi connectivity index (χ4n) is 3.31. The Morgan fingerprint density at radius 3 is 2.39 bits per heavy atom. The third-order valence-corrected chi connectivity index (χ3v) is 4.95. The third-order valence-electron chi connectivity index (χ3n) is 4.72. The Hall–Kier alpha value is -3.71. The summed E-state index contributed by atoms with van der Waals surface area (Å²) in [6.45, 7) is 0. The smallest absolute Gasteiger partial charge is 0.282 e. The number of benzene rings is 3. The van der Waals surface area contributed by atoms with Gasteiger partial charge in [-0.3, -0.25) is 9.59 Å². The van der Waals surface area contributed by atoms with Crippen LogP contribution in [0, 0.1) is 11.6 Å². The number of rotatable bonds is 5. The number of carbonyl (C=O) groups is 2. The van der Waals surface area contributed by atoms with Gasteiger partial charge in [-0.1, -0.05) is 35.9 Å². The lowest BCUT2D eigenvalue weighted by molar-refractivity contribution is -0.120. The second-order valence-corrected chi connectivity index (χ2v) is 7.07. The molecule has 0 radical (unpaired) electrons. The molecule has 156 valence electrons. The van der Waals surface area contributed by atoms with Crippen molar-refractivity contribution in [1.29, 1.82) is 0 Å². The summed E-state index contributed by atoms with van der Waals surface area (Å²) in [6.07, 6.45) is 0. The van der Waals surface area contributed by atoms with Crippen LogP contribution in [0.2, 0.25) is 5.02 Å². The average molecular weight is 441 g/mol. The Morgan fingerprint density at radius 1 is 0.903 bits per heavy atom. The second kappa shape index (κ2) is 8.20. The summed E-state index contributed by atoms with van der Waals surface area (Å²) >= 11 is 6.04. The molecule has 0 bridgehead atoms. The predicted molar refractivity (Wildman–Crippen MR) is 114 cm³/mol. The van der Waals surface area contributed by atoms with E-state index in [-0.39, 0.29) is 22.6 Å². The van der Waals surface area contributed by atoms with Crippen molar-refractivity contribution in [3.05, 3.63) is 94.6 Å². The van der Waals surface area contributed by atoms with Crippen molar-refractivity contribution < 1.29 is 23.1 Å². The first-order valence-corrected chi connectivity index (χ1v) is 9.52. The molecule has 0 atom stereocenters. The fourth-order valence-corrected chi connectivity index (χ4v) is 3.50. The topological polar surface area (TPSA) is 58.6 Å². The highest BCUT2D eigenvalue weighted by atomic mass is 35.5. The van der Waals surface area contributed by atoms with Crippen molar-refractivity contribution in [2.24, 2.45) is 0 Å². The van der Waals surface area contributed by atoms with E-state index in [1.807, 2.05) is 0 Å². The van der Waals surface area contributed by atoms with E-state index in [2.05, 4.69) is 5.32 Å². The van der Waals surface area contributed by atoms with Gasteiger partial charge in [-0.25, -0.2) is 13.7 Å². The molecule has 3 aromatic rings. The van der Waals surface area contributed by atoms with Crippen LogP contribution in [-0.2, 0) is 9.59 Å².